The van der Waals surface area contributed by atoms with Crippen LogP contribution >= 0.6 is 35.4 Å². The van der Waals surface area contributed by atoms with E-state index in [1.807, 2.05) is 0 Å². The number of hydrogen-bond donors (Lipinski definition) is 3. The van der Waals surface area contributed by atoms with Crippen molar-refractivity contribution >= 4 is 58.1 Å². The van der Waals surface area contributed by atoms with E-state index in [4.69, 9.17) is 49.7 Å². The van der Waals surface area contributed by atoms with E-state index in [0.29, 0.717) is 27.1 Å². The average molecular weight is 465 g/mol. The second-order valence-corrected chi connectivity index (χ2v) is 7.17. The van der Waals surface area contributed by atoms with Crippen molar-refractivity contribution in [2.24, 2.45) is 0 Å². The van der Waals surface area contributed by atoms with Crippen LogP contribution in [0.2, 0.25) is 10.0 Å². The van der Waals surface area contributed by atoms with Crippen LogP contribution in [0.3, 0.4) is 0 Å². The van der Waals surface area contributed by atoms with Gasteiger partial charge in [0.25, 0.3) is 5.91 Å². The Labute approximate surface area is 186 Å². The summed E-state index contributed by atoms with van der Waals surface area (Å²) in [6, 6.07) is 12.2. The predicted molar refractivity (Wildman–Crippen MR) is 118 cm³/mol. The average Bonchev–Trinajstić information content (AvgIpc) is 3.17. The minimum absolute atomic E-state index is 0.00594. The molecular formula is C20H14Cl2N2O5S. The highest BCUT2D eigenvalue weighted by atomic mass is 35.5. The first-order valence-corrected chi connectivity index (χ1v) is 9.54. The molecule has 2 aromatic carbocycles. The Hall–Kier alpha value is -3.07. The van der Waals surface area contributed by atoms with E-state index >= 15 is 0 Å². The summed E-state index contributed by atoms with van der Waals surface area (Å²) in [6.45, 7) is 0. The Kier molecular flexibility index (Phi) is 6.61. The molecule has 154 valence electrons. The number of amides is 1. The summed E-state index contributed by atoms with van der Waals surface area (Å²) >= 11 is 17.2. The van der Waals surface area contributed by atoms with E-state index in [2.05, 4.69) is 10.6 Å². The van der Waals surface area contributed by atoms with E-state index in [0.717, 1.165) is 0 Å². The number of thiocarbonyl (C=S) groups is 1. The molecule has 3 rings (SSSR count). The van der Waals surface area contributed by atoms with Crippen molar-refractivity contribution in [3.63, 3.8) is 0 Å². The summed E-state index contributed by atoms with van der Waals surface area (Å²) in [5, 5.41) is 15.1. The van der Waals surface area contributed by atoms with Crippen molar-refractivity contribution in [3.8, 4) is 17.1 Å². The number of carboxylic acids is 1. The molecule has 1 amide bonds. The Bertz CT molecular complexity index is 1150. The summed E-state index contributed by atoms with van der Waals surface area (Å²) in [5.41, 5.74) is 0.898. The lowest BCUT2D eigenvalue weighted by molar-refractivity contribution is 0.0696. The first-order chi connectivity index (χ1) is 14.3. The van der Waals surface area contributed by atoms with Gasteiger partial charge in [0.15, 0.2) is 10.9 Å². The largest absolute Gasteiger partial charge is 0.495 e. The van der Waals surface area contributed by atoms with Crippen molar-refractivity contribution in [2.45, 2.75) is 0 Å². The number of benzene rings is 2. The van der Waals surface area contributed by atoms with Crippen LogP contribution in [-0.4, -0.2) is 29.2 Å². The minimum atomic E-state index is -1.11. The number of ether oxygens (including phenoxy) is 1. The van der Waals surface area contributed by atoms with Gasteiger partial charge in [0.2, 0.25) is 0 Å². The van der Waals surface area contributed by atoms with E-state index < -0.39 is 11.9 Å². The fraction of sp³-hybridized carbons (Fsp3) is 0.0500. The molecule has 0 aliphatic carbocycles. The summed E-state index contributed by atoms with van der Waals surface area (Å²) in [5.74, 6) is -0.964. The summed E-state index contributed by atoms with van der Waals surface area (Å²) in [7, 11) is 1.43. The highest BCUT2D eigenvalue weighted by molar-refractivity contribution is 7.80. The topological polar surface area (TPSA) is 101 Å². The number of halogens is 2. The van der Waals surface area contributed by atoms with Crippen LogP contribution in [0, 0.1) is 0 Å². The van der Waals surface area contributed by atoms with Crippen LogP contribution in [0.4, 0.5) is 5.69 Å². The maximum Gasteiger partial charge on any atom is 0.335 e. The molecule has 7 nitrogen and oxygen atoms in total. The van der Waals surface area contributed by atoms with E-state index in [1.165, 1.54) is 31.4 Å². The number of nitrogens with one attached hydrogen (secondary N) is 2. The first kappa shape index (κ1) is 21.6. The quantitative estimate of drug-likeness (QED) is 0.452. The number of furan rings is 1. The lowest BCUT2D eigenvalue weighted by atomic mass is 10.2. The molecule has 3 aromatic rings. The molecule has 0 aliphatic rings. The van der Waals surface area contributed by atoms with E-state index in [9.17, 15) is 9.59 Å². The number of methoxy groups -OCH3 is 1. The van der Waals surface area contributed by atoms with Gasteiger partial charge in [-0.2, -0.15) is 0 Å². The van der Waals surface area contributed by atoms with E-state index in [1.54, 1.807) is 24.3 Å². The van der Waals surface area contributed by atoms with Gasteiger partial charge < -0.3 is 19.6 Å². The molecule has 0 atom stereocenters. The smallest absolute Gasteiger partial charge is 0.335 e. The molecule has 1 aromatic heterocycles. The Morgan fingerprint density at radius 1 is 1.10 bits per heavy atom. The highest BCUT2D eigenvalue weighted by Crippen LogP contribution is 2.31. The van der Waals surface area contributed by atoms with Gasteiger partial charge in [-0.05, 0) is 60.7 Å². The standard InChI is InChI=1S/C20H14Cl2N2O5S/c1-28-16-5-2-10(19(26)27)8-14(16)23-20(30)24-18(25)17-7-6-15(29-17)12-4-3-11(21)9-13(12)22/h2-9H,1H3,(H,26,27)(H2,23,24,25,30). The van der Waals surface area contributed by atoms with Gasteiger partial charge in [-0.1, -0.05) is 23.2 Å². The molecule has 0 fully saturated rings. The van der Waals surface area contributed by atoms with Crippen LogP contribution in [-0.2, 0) is 0 Å². The highest BCUT2D eigenvalue weighted by Gasteiger charge is 2.17. The SMILES string of the molecule is COc1ccc(C(=O)O)cc1NC(=S)NC(=O)c1ccc(-c2ccc(Cl)cc2Cl)o1. The number of carboxylic acid groups (broad SMARTS) is 1. The molecule has 10 heteroatoms. The molecule has 0 spiro atoms. The summed E-state index contributed by atoms with van der Waals surface area (Å²) in [4.78, 5) is 23.6. The van der Waals surface area contributed by atoms with Crippen molar-refractivity contribution in [1.82, 2.24) is 5.32 Å². The monoisotopic (exact) mass is 464 g/mol. The third-order valence-corrected chi connectivity index (χ3v) is 4.70. The molecule has 30 heavy (non-hydrogen) atoms. The lowest BCUT2D eigenvalue weighted by Gasteiger charge is -2.13. The second-order valence-electron chi connectivity index (χ2n) is 5.92. The predicted octanol–water partition coefficient (Wildman–Crippen LogP) is 5.09. The van der Waals surface area contributed by atoms with Gasteiger partial charge in [0, 0.05) is 10.6 Å². The van der Waals surface area contributed by atoms with E-state index in [-0.39, 0.29) is 22.1 Å². The van der Waals surface area contributed by atoms with Crippen LogP contribution in [0.1, 0.15) is 20.9 Å². The molecule has 1 heterocycles. The van der Waals surface area contributed by atoms with Gasteiger partial charge in [-0.15, -0.1) is 0 Å². The normalized spacial score (nSPS) is 10.4. The van der Waals surface area contributed by atoms with Crippen LogP contribution < -0.4 is 15.4 Å². The van der Waals surface area contributed by atoms with Gasteiger partial charge in [0.1, 0.15) is 11.5 Å². The lowest BCUT2D eigenvalue weighted by Crippen LogP contribution is -2.34. The summed E-state index contributed by atoms with van der Waals surface area (Å²) < 4.78 is 10.7. The first-order valence-electron chi connectivity index (χ1n) is 8.37. The Morgan fingerprint density at radius 3 is 2.53 bits per heavy atom. The molecule has 0 saturated heterocycles. The fourth-order valence-corrected chi connectivity index (χ4v) is 3.26. The van der Waals surface area contributed by atoms with Gasteiger partial charge in [-0.3, -0.25) is 10.1 Å². The van der Waals surface area contributed by atoms with Crippen LogP contribution in [0.25, 0.3) is 11.3 Å². The third kappa shape index (κ3) is 4.91. The molecule has 0 bridgehead atoms. The Morgan fingerprint density at radius 2 is 1.87 bits per heavy atom. The fourth-order valence-electron chi connectivity index (χ4n) is 2.55. The molecule has 0 aliphatic heterocycles. The number of hydrogen-bond acceptors (Lipinski definition) is 5. The zero-order chi connectivity index (χ0) is 21.8. The summed E-state index contributed by atoms with van der Waals surface area (Å²) in [6.07, 6.45) is 0. The van der Waals surface area contributed by atoms with Crippen molar-refractivity contribution in [1.29, 1.82) is 0 Å². The number of carbonyl (C=O) groups is 2. The van der Waals surface area contributed by atoms with Crippen molar-refractivity contribution in [2.75, 3.05) is 12.4 Å². The number of carbonyl (C=O) groups excluding carboxylic acids is 1. The maximum atomic E-state index is 12.4. The third-order valence-electron chi connectivity index (χ3n) is 3.95. The molecule has 0 radical (unpaired) electrons. The van der Waals surface area contributed by atoms with Crippen LogP contribution in [0.5, 0.6) is 5.75 Å². The number of aromatic carboxylic acids is 1. The zero-order valence-corrected chi connectivity index (χ0v) is 17.7. The molecule has 0 unspecified atom stereocenters. The van der Waals surface area contributed by atoms with Gasteiger partial charge in [-0.25, -0.2) is 4.79 Å². The van der Waals surface area contributed by atoms with Gasteiger partial charge in [0.05, 0.1) is 23.4 Å². The van der Waals surface area contributed by atoms with Gasteiger partial charge >= 0.3 is 5.97 Å². The van der Waals surface area contributed by atoms with Crippen LogP contribution in [0.15, 0.2) is 52.9 Å². The molecular weight excluding hydrogens is 451 g/mol. The molecule has 3 N–H and O–H groups in total. The number of anilines is 1. The second kappa shape index (κ2) is 9.17. The van der Waals surface area contributed by atoms with Crippen molar-refractivity contribution in [3.05, 3.63) is 69.9 Å². The van der Waals surface area contributed by atoms with Crippen molar-refractivity contribution < 1.29 is 23.8 Å². The zero-order valence-electron chi connectivity index (χ0n) is 15.4. The maximum absolute atomic E-state index is 12.4. The molecule has 0 saturated carbocycles. The Balaban J connectivity index is 1.72. The minimum Gasteiger partial charge on any atom is -0.495 e. The number of rotatable bonds is 5.